The van der Waals surface area contributed by atoms with Crippen LogP contribution in [0, 0.1) is 12.8 Å². The molecule has 7 rings (SSSR count). The molecule has 0 spiro atoms. The normalized spacial score (nSPS) is 23.2. The highest BCUT2D eigenvalue weighted by atomic mass is 16.5. The number of aryl methyl sites for hydroxylation is 1. The van der Waals surface area contributed by atoms with Gasteiger partial charge in [-0.25, -0.2) is 4.98 Å². The Balaban J connectivity index is 0.991. The van der Waals surface area contributed by atoms with Crippen molar-refractivity contribution in [2.75, 3.05) is 38.0 Å². The molecule has 4 aliphatic rings. The van der Waals surface area contributed by atoms with Gasteiger partial charge in [-0.1, -0.05) is 19.1 Å². The maximum atomic E-state index is 13.3. The maximum Gasteiger partial charge on any atom is 0.225 e. The highest BCUT2D eigenvalue weighted by Crippen LogP contribution is 2.60. The largest absolute Gasteiger partial charge is 0.489 e. The Morgan fingerprint density at radius 3 is 2.71 bits per heavy atom. The van der Waals surface area contributed by atoms with Crippen molar-refractivity contribution in [2.45, 2.75) is 51.7 Å². The summed E-state index contributed by atoms with van der Waals surface area (Å²) >= 11 is 0. The second-order valence-electron chi connectivity index (χ2n) is 11.7. The van der Waals surface area contributed by atoms with Crippen LogP contribution in [0.5, 0.6) is 17.2 Å². The van der Waals surface area contributed by atoms with Crippen LogP contribution < -0.4 is 14.8 Å². The van der Waals surface area contributed by atoms with Crippen LogP contribution in [-0.2, 0) is 17.8 Å². The molecule has 0 unspecified atom stereocenters. The summed E-state index contributed by atoms with van der Waals surface area (Å²) in [6.07, 6.45) is 3.20. The zero-order chi connectivity index (χ0) is 28.1. The predicted molar refractivity (Wildman–Crippen MR) is 156 cm³/mol. The molecule has 2 fully saturated rings. The number of nitrogens with zero attached hydrogens (tertiary/aromatic N) is 3. The zero-order valence-corrected chi connectivity index (χ0v) is 23.7. The third-order valence-electron chi connectivity index (χ3n) is 9.19. The number of carbonyl (C=O) groups excluding carboxylic acids is 2. The molecule has 8 nitrogen and oxygen atoms in total. The summed E-state index contributed by atoms with van der Waals surface area (Å²) in [5, 5.41) is 2.82. The molecule has 3 aliphatic heterocycles. The van der Waals surface area contributed by atoms with Gasteiger partial charge in [0.25, 0.3) is 0 Å². The lowest BCUT2D eigenvalue weighted by molar-refractivity contribution is -0.116. The summed E-state index contributed by atoms with van der Waals surface area (Å²) < 4.78 is 12.5. The number of piperazine rings is 1. The molecule has 212 valence electrons. The molecule has 1 saturated carbocycles. The minimum Gasteiger partial charge on any atom is -0.489 e. The smallest absolute Gasteiger partial charge is 0.225 e. The number of nitrogens with one attached hydrogen (secondary N) is 1. The molecule has 2 aromatic carbocycles. The van der Waals surface area contributed by atoms with E-state index in [0.717, 1.165) is 67.5 Å². The van der Waals surface area contributed by atoms with Gasteiger partial charge < -0.3 is 19.7 Å². The molecule has 4 heterocycles. The molecule has 0 bridgehead atoms. The minimum absolute atomic E-state index is 0.0238. The standard InChI is InChI=1S/C33H36N4O4/c1-3-36-12-14-37(15-13-36)19-22-5-4-21(16-20(22)2)27(38)18-26-31-25-17-23(6-8-28(25)41-32(26)31)40-29-10-11-34-33-24(29)7-9-30(39)35-33/h4-6,8,10-11,16-17,26,31-32H,3,7,9,12-15,18-19H2,1-2H3,(H,34,35,39)/t26-,31-,32+/m0/s1. The van der Waals surface area contributed by atoms with Crippen molar-refractivity contribution in [1.29, 1.82) is 0 Å². The summed E-state index contributed by atoms with van der Waals surface area (Å²) in [4.78, 5) is 34.3. The molecule has 3 atom stereocenters. The number of aromatic nitrogens is 1. The Bertz CT molecular complexity index is 1510. The van der Waals surface area contributed by atoms with Gasteiger partial charge >= 0.3 is 0 Å². The lowest BCUT2D eigenvalue weighted by Crippen LogP contribution is -2.45. The monoisotopic (exact) mass is 552 g/mol. The highest BCUT2D eigenvalue weighted by molar-refractivity contribution is 5.97. The van der Waals surface area contributed by atoms with Crippen LogP contribution in [0.3, 0.4) is 0 Å². The summed E-state index contributed by atoms with van der Waals surface area (Å²) in [7, 11) is 0. The first-order valence-corrected chi connectivity index (χ1v) is 14.8. The number of pyridine rings is 1. The Labute approximate surface area is 240 Å². The average Bonchev–Trinajstić information content (AvgIpc) is 3.50. The van der Waals surface area contributed by atoms with Gasteiger partial charge in [-0.3, -0.25) is 14.5 Å². The number of carbonyl (C=O) groups is 2. The van der Waals surface area contributed by atoms with Crippen molar-refractivity contribution in [1.82, 2.24) is 14.8 Å². The Kier molecular flexibility index (Phi) is 6.75. The van der Waals surface area contributed by atoms with Crippen LogP contribution in [-0.4, -0.2) is 65.3 Å². The second kappa shape index (κ2) is 10.6. The minimum atomic E-state index is -0.0238. The molecule has 0 radical (unpaired) electrons. The van der Waals surface area contributed by atoms with Gasteiger partial charge in [0.2, 0.25) is 5.91 Å². The number of likely N-dealkylation sites (N-methyl/N-ethyl adjacent to an activating group) is 1. The van der Waals surface area contributed by atoms with Crippen molar-refractivity contribution >= 4 is 17.5 Å². The number of rotatable bonds is 8. The Morgan fingerprint density at radius 1 is 1.07 bits per heavy atom. The summed E-state index contributed by atoms with van der Waals surface area (Å²) in [5.41, 5.74) is 5.30. The van der Waals surface area contributed by atoms with Crippen LogP contribution in [0.4, 0.5) is 5.82 Å². The van der Waals surface area contributed by atoms with Gasteiger partial charge in [-0.2, -0.15) is 0 Å². The number of ether oxygens (including phenoxy) is 2. The van der Waals surface area contributed by atoms with E-state index in [2.05, 4.69) is 46.1 Å². The van der Waals surface area contributed by atoms with E-state index in [0.29, 0.717) is 30.8 Å². The van der Waals surface area contributed by atoms with Crippen molar-refractivity contribution < 1.29 is 19.1 Å². The van der Waals surface area contributed by atoms with Gasteiger partial charge in [-0.05, 0) is 61.3 Å². The van der Waals surface area contributed by atoms with E-state index >= 15 is 0 Å². The van der Waals surface area contributed by atoms with E-state index in [1.807, 2.05) is 30.3 Å². The van der Waals surface area contributed by atoms with Crippen molar-refractivity contribution in [3.8, 4) is 17.2 Å². The lowest BCUT2D eigenvalue weighted by atomic mass is 9.98. The van der Waals surface area contributed by atoms with Crippen LogP contribution in [0.2, 0.25) is 0 Å². The fraction of sp³-hybridized carbons (Fsp3) is 0.424. The first-order valence-electron chi connectivity index (χ1n) is 14.8. The number of benzene rings is 2. The number of Topliss-reactive ketones (excluding diaryl/α,β-unsaturated/α-hetero) is 1. The number of amides is 1. The Hall–Kier alpha value is -3.75. The van der Waals surface area contributed by atoms with Crippen molar-refractivity contribution in [3.63, 3.8) is 0 Å². The molecule has 1 amide bonds. The molecule has 1 N–H and O–H groups in total. The molecule has 1 saturated heterocycles. The first-order chi connectivity index (χ1) is 20.0. The topological polar surface area (TPSA) is 84.0 Å². The Morgan fingerprint density at radius 2 is 1.90 bits per heavy atom. The maximum absolute atomic E-state index is 13.3. The zero-order valence-electron chi connectivity index (χ0n) is 23.7. The average molecular weight is 553 g/mol. The second-order valence-corrected chi connectivity index (χ2v) is 11.7. The van der Waals surface area contributed by atoms with Gasteiger partial charge in [0.1, 0.15) is 29.2 Å². The molecule has 3 aromatic rings. The number of hydrogen-bond acceptors (Lipinski definition) is 7. The first kappa shape index (κ1) is 26.2. The van der Waals surface area contributed by atoms with Gasteiger partial charge in [0.05, 0.1) is 0 Å². The molecule has 1 aromatic heterocycles. The molecule has 8 heteroatoms. The van der Waals surface area contributed by atoms with E-state index in [-0.39, 0.29) is 29.6 Å². The number of ketones is 1. The van der Waals surface area contributed by atoms with E-state index in [1.54, 1.807) is 6.20 Å². The summed E-state index contributed by atoms with van der Waals surface area (Å²) in [6, 6.07) is 13.9. The lowest BCUT2D eigenvalue weighted by Gasteiger charge is -2.34. The molecule has 1 aliphatic carbocycles. The van der Waals surface area contributed by atoms with E-state index < -0.39 is 0 Å². The quantitative estimate of drug-likeness (QED) is 0.396. The van der Waals surface area contributed by atoms with Crippen LogP contribution in [0.1, 0.15) is 58.3 Å². The van der Waals surface area contributed by atoms with Crippen LogP contribution in [0.25, 0.3) is 0 Å². The third kappa shape index (κ3) is 5.11. The predicted octanol–water partition coefficient (Wildman–Crippen LogP) is 4.95. The fourth-order valence-electron chi connectivity index (χ4n) is 6.62. The summed E-state index contributed by atoms with van der Waals surface area (Å²) in [6.45, 7) is 10.8. The number of fused-ring (bicyclic) bond motifs is 4. The molecule has 41 heavy (non-hydrogen) atoms. The van der Waals surface area contributed by atoms with E-state index in [9.17, 15) is 9.59 Å². The van der Waals surface area contributed by atoms with Gasteiger partial charge in [0.15, 0.2) is 5.78 Å². The highest BCUT2D eigenvalue weighted by Gasteiger charge is 2.59. The van der Waals surface area contributed by atoms with Crippen molar-refractivity contribution in [2.24, 2.45) is 5.92 Å². The fourth-order valence-corrected chi connectivity index (χ4v) is 6.62. The SMILES string of the molecule is CCN1CCN(Cc2ccc(C(=O)C[C@@H]3[C@H]4Oc5ccc(Oc6ccnc7c6CCC(=O)N7)cc5[C@@H]34)cc2C)CC1. The molecular formula is C33H36N4O4. The molecular weight excluding hydrogens is 516 g/mol. The van der Waals surface area contributed by atoms with Crippen LogP contribution >= 0.6 is 0 Å². The number of hydrogen-bond donors (Lipinski definition) is 1. The third-order valence-corrected chi connectivity index (χ3v) is 9.19. The van der Waals surface area contributed by atoms with Gasteiger partial charge in [0, 0.05) is 80.3 Å². The van der Waals surface area contributed by atoms with E-state index in [4.69, 9.17) is 9.47 Å². The number of anilines is 1. The summed E-state index contributed by atoms with van der Waals surface area (Å²) in [5.74, 6) is 3.42. The van der Waals surface area contributed by atoms with E-state index in [1.165, 1.54) is 11.1 Å². The van der Waals surface area contributed by atoms with Gasteiger partial charge in [-0.15, -0.1) is 0 Å². The van der Waals surface area contributed by atoms with Crippen molar-refractivity contribution in [3.05, 3.63) is 76.5 Å². The van der Waals surface area contributed by atoms with Crippen LogP contribution in [0.15, 0.2) is 48.7 Å².